The van der Waals surface area contributed by atoms with E-state index in [1.165, 1.54) is 12.8 Å². The molecule has 1 unspecified atom stereocenters. The molecule has 0 radical (unpaired) electrons. The summed E-state index contributed by atoms with van der Waals surface area (Å²) >= 11 is 0. The Labute approximate surface area is 165 Å². The van der Waals surface area contributed by atoms with E-state index < -0.39 is 0 Å². The van der Waals surface area contributed by atoms with Gasteiger partial charge < -0.3 is 14.5 Å². The van der Waals surface area contributed by atoms with Gasteiger partial charge in [0.15, 0.2) is 0 Å². The molecule has 3 aromatic rings. The highest BCUT2D eigenvalue weighted by Gasteiger charge is 2.21. The summed E-state index contributed by atoms with van der Waals surface area (Å²) in [5, 5.41) is 0.835. The number of carbonyl (C=O) groups excluding carboxylic acids is 1. The molecule has 2 heterocycles. The Bertz CT molecular complexity index is 959. The molecule has 1 aliphatic heterocycles. The van der Waals surface area contributed by atoms with Crippen molar-refractivity contribution in [3.8, 4) is 5.75 Å². The molecule has 1 atom stereocenters. The number of ether oxygens (including phenoxy) is 2. The van der Waals surface area contributed by atoms with Gasteiger partial charge in [0.05, 0.1) is 5.56 Å². The van der Waals surface area contributed by atoms with Gasteiger partial charge in [0.1, 0.15) is 18.6 Å². The summed E-state index contributed by atoms with van der Waals surface area (Å²) in [6.07, 6.45) is 2.47. The first-order chi connectivity index (χ1) is 13.6. The molecule has 5 heteroatoms. The number of esters is 1. The number of H-pyrrole nitrogens is 1. The normalized spacial score (nSPS) is 15.6. The zero-order valence-corrected chi connectivity index (χ0v) is 16.4. The fourth-order valence-electron chi connectivity index (χ4n) is 3.81. The van der Waals surface area contributed by atoms with Gasteiger partial charge in [-0.1, -0.05) is 30.3 Å². The van der Waals surface area contributed by atoms with E-state index >= 15 is 0 Å². The number of likely N-dealkylation sites (tertiary alicyclic amines) is 1. The summed E-state index contributed by atoms with van der Waals surface area (Å²) < 4.78 is 11.7. The van der Waals surface area contributed by atoms with Crippen molar-refractivity contribution >= 4 is 16.9 Å². The first-order valence-electron chi connectivity index (χ1n) is 9.86. The second-order valence-electron chi connectivity index (χ2n) is 7.35. The minimum absolute atomic E-state index is 0.0217. The predicted octanol–water partition coefficient (Wildman–Crippen LogP) is 4.65. The number of hydrogen-bond acceptors (Lipinski definition) is 4. The minimum atomic E-state index is -0.322. The van der Waals surface area contributed by atoms with E-state index in [9.17, 15) is 4.79 Å². The lowest BCUT2D eigenvalue weighted by molar-refractivity contribution is 0.0474. The van der Waals surface area contributed by atoms with Gasteiger partial charge >= 0.3 is 5.97 Å². The number of carbonyl (C=O) groups is 1. The number of benzene rings is 2. The van der Waals surface area contributed by atoms with Crippen LogP contribution in [-0.4, -0.2) is 35.2 Å². The van der Waals surface area contributed by atoms with E-state index in [2.05, 4.69) is 16.8 Å². The van der Waals surface area contributed by atoms with Gasteiger partial charge in [-0.15, -0.1) is 0 Å². The molecule has 0 amide bonds. The number of aromatic amines is 1. The van der Waals surface area contributed by atoms with Crippen molar-refractivity contribution in [2.75, 3.05) is 13.1 Å². The highest BCUT2D eigenvalue weighted by Crippen LogP contribution is 2.28. The number of nitrogens with zero attached hydrogens (tertiary/aromatic N) is 1. The highest BCUT2D eigenvalue weighted by atomic mass is 16.5. The monoisotopic (exact) mass is 378 g/mol. The fraction of sp³-hybridized carbons (Fsp3) is 0.348. The molecule has 5 nitrogen and oxygen atoms in total. The van der Waals surface area contributed by atoms with Crippen molar-refractivity contribution in [1.29, 1.82) is 0 Å². The Morgan fingerprint density at radius 1 is 1.14 bits per heavy atom. The van der Waals surface area contributed by atoms with E-state index in [4.69, 9.17) is 9.47 Å². The maximum absolute atomic E-state index is 12.8. The lowest BCUT2D eigenvalue weighted by Gasteiger charge is -2.24. The smallest absolute Gasteiger partial charge is 0.340 e. The summed E-state index contributed by atoms with van der Waals surface area (Å²) in [5.41, 5.74) is 3.25. The molecule has 0 aliphatic carbocycles. The van der Waals surface area contributed by atoms with Gasteiger partial charge in [0.2, 0.25) is 0 Å². The van der Waals surface area contributed by atoms with E-state index in [0.717, 1.165) is 41.0 Å². The Morgan fingerprint density at radius 2 is 1.89 bits per heavy atom. The Kier molecular flexibility index (Phi) is 5.35. The first-order valence-corrected chi connectivity index (χ1v) is 9.86. The van der Waals surface area contributed by atoms with Crippen molar-refractivity contribution in [2.24, 2.45) is 0 Å². The number of rotatable bonds is 6. The summed E-state index contributed by atoms with van der Waals surface area (Å²) in [5.74, 6) is 0.445. The van der Waals surface area contributed by atoms with Crippen LogP contribution in [0.5, 0.6) is 5.75 Å². The van der Waals surface area contributed by atoms with Gasteiger partial charge in [-0.3, -0.25) is 4.90 Å². The van der Waals surface area contributed by atoms with E-state index in [1.807, 2.05) is 55.5 Å². The molecule has 2 aromatic carbocycles. The van der Waals surface area contributed by atoms with Crippen LogP contribution in [0.2, 0.25) is 0 Å². The zero-order valence-electron chi connectivity index (χ0n) is 16.4. The molecule has 1 saturated heterocycles. The van der Waals surface area contributed by atoms with Crippen LogP contribution in [-0.2, 0) is 11.3 Å². The van der Waals surface area contributed by atoms with Crippen LogP contribution in [0.1, 0.15) is 41.4 Å². The molecule has 146 valence electrons. The Morgan fingerprint density at radius 3 is 2.64 bits per heavy atom. The molecule has 0 saturated carbocycles. The number of nitrogens with one attached hydrogen (secondary N) is 1. The van der Waals surface area contributed by atoms with Crippen molar-refractivity contribution < 1.29 is 14.3 Å². The van der Waals surface area contributed by atoms with Crippen molar-refractivity contribution in [3.05, 3.63) is 65.4 Å². The van der Waals surface area contributed by atoms with E-state index in [1.54, 1.807) is 0 Å². The third kappa shape index (κ3) is 3.90. The highest BCUT2D eigenvalue weighted by molar-refractivity contribution is 6.05. The largest absolute Gasteiger partial charge is 0.475 e. The van der Waals surface area contributed by atoms with Gasteiger partial charge in [-0.2, -0.15) is 0 Å². The van der Waals surface area contributed by atoms with Crippen molar-refractivity contribution in [2.45, 2.75) is 39.5 Å². The predicted molar refractivity (Wildman–Crippen MR) is 109 cm³/mol. The molecule has 1 N–H and O–H groups in total. The first kappa shape index (κ1) is 18.6. The second kappa shape index (κ2) is 8.07. The molecule has 1 fully saturated rings. The molecule has 4 rings (SSSR count). The lowest BCUT2D eigenvalue weighted by atomic mass is 10.1. The Balaban J connectivity index is 1.53. The standard InChI is InChI=1S/C23H26N2O3/c1-16-22(23(26)27-15-18-8-4-3-5-9-18)20-14-19(10-11-21(20)24-16)28-17(2)25-12-6-7-13-25/h3-5,8-11,14,17,24H,6-7,12-13,15H2,1-2H3. The summed E-state index contributed by atoms with van der Waals surface area (Å²) in [7, 11) is 0. The molecule has 0 bridgehead atoms. The zero-order chi connectivity index (χ0) is 19.5. The number of aromatic nitrogens is 1. The second-order valence-corrected chi connectivity index (χ2v) is 7.35. The molecule has 1 aliphatic rings. The van der Waals surface area contributed by atoms with Crippen LogP contribution in [0, 0.1) is 6.92 Å². The summed E-state index contributed by atoms with van der Waals surface area (Å²) in [4.78, 5) is 18.4. The minimum Gasteiger partial charge on any atom is -0.475 e. The summed E-state index contributed by atoms with van der Waals surface area (Å²) in [6.45, 7) is 6.38. The van der Waals surface area contributed by atoms with Crippen LogP contribution in [0.3, 0.4) is 0 Å². The van der Waals surface area contributed by atoms with Crippen LogP contribution >= 0.6 is 0 Å². The Hall–Kier alpha value is -2.79. The van der Waals surface area contributed by atoms with E-state index in [0.29, 0.717) is 5.56 Å². The molecule has 28 heavy (non-hydrogen) atoms. The SMILES string of the molecule is Cc1[nH]c2ccc(OC(C)N3CCCC3)cc2c1C(=O)OCc1ccccc1. The van der Waals surface area contributed by atoms with Crippen molar-refractivity contribution in [3.63, 3.8) is 0 Å². The molecule has 1 aromatic heterocycles. The summed E-state index contributed by atoms with van der Waals surface area (Å²) in [6, 6.07) is 15.6. The van der Waals surface area contributed by atoms with Crippen LogP contribution in [0.4, 0.5) is 0 Å². The number of hydrogen-bond donors (Lipinski definition) is 1. The van der Waals surface area contributed by atoms with Gasteiger partial charge in [-0.25, -0.2) is 4.79 Å². The van der Waals surface area contributed by atoms with Crippen LogP contribution in [0.15, 0.2) is 48.5 Å². The van der Waals surface area contributed by atoms with Crippen LogP contribution < -0.4 is 4.74 Å². The average molecular weight is 378 g/mol. The lowest BCUT2D eigenvalue weighted by Crippen LogP contribution is -2.34. The van der Waals surface area contributed by atoms with Crippen LogP contribution in [0.25, 0.3) is 10.9 Å². The fourth-order valence-corrected chi connectivity index (χ4v) is 3.81. The van der Waals surface area contributed by atoms with Gasteiger partial charge in [0, 0.05) is 29.7 Å². The average Bonchev–Trinajstić information content (AvgIpc) is 3.34. The third-order valence-corrected chi connectivity index (χ3v) is 5.34. The maximum atomic E-state index is 12.8. The van der Waals surface area contributed by atoms with Gasteiger partial charge in [-0.05, 0) is 50.5 Å². The third-order valence-electron chi connectivity index (χ3n) is 5.34. The van der Waals surface area contributed by atoms with E-state index in [-0.39, 0.29) is 18.8 Å². The van der Waals surface area contributed by atoms with Crippen molar-refractivity contribution in [1.82, 2.24) is 9.88 Å². The number of fused-ring (bicyclic) bond motifs is 1. The number of aryl methyl sites for hydroxylation is 1. The molecule has 0 spiro atoms. The maximum Gasteiger partial charge on any atom is 0.340 e. The quantitative estimate of drug-likeness (QED) is 0.634. The van der Waals surface area contributed by atoms with Gasteiger partial charge in [0.25, 0.3) is 0 Å². The topological polar surface area (TPSA) is 54.6 Å². The molecular formula is C23H26N2O3. The molecular weight excluding hydrogens is 352 g/mol.